The van der Waals surface area contributed by atoms with Gasteiger partial charge in [-0.25, -0.2) is 4.98 Å². The van der Waals surface area contributed by atoms with Crippen LogP contribution >= 0.6 is 7.60 Å². The standard InChI is InChI=1S/C16H26N5O5P/c1-6-23-15-13-14(19-16(17)20-15)21(8-18-13)11(5)25-12-7-24-27(22,9(2)3)26-10(12)4/h8-12H,6-7H2,1-5H3,(H2,17,19,20). The van der Waals surface area contributed by atoms with Gasteiger partial charge in [0.1, 0.15) is 12.3 Å². The number of anilines is 1. The molecular formula is C16H26N5O5P. The zero-order valence-corrected chi connectivity index (χ0v) is 17.1. The summed E-state index contributed by atoms with van der Waals surface area (Å²) in [5.74, 6) is 0.428. The number of imidazole rings is 1. The molecule has 1 saturated heterocycles. The van der Waals surface area contributed by atoms with Gasteiger partial charge in [0.25, 0.3) is 0 Å². The van der Waals surface area contributed by atoms with Crippen molar-refractivity contribution in [3.05, 3.63) is 6.33 Å². The molecule has 4 atom stereocenters. The Balaban J connectivity index is 1.79. The summed E-state index contributed by atoms with van der Waals surface area (Å²) in [7, 11) is -3.10. The van der Waals surface area contributed by atoms with Gasteiger partial charge in [0.2, 0.25) is 11.8 Å². The van der Waals surface area contributed by atoms with Crippen LogP contribution in [0.5, 0.6) is 5.88 Å². The molecule has 0 radical (unpaired) electrons. The normalized spacial score (nSPS) is 27.2. The SMILES string of the molecule is CCOc1nc(N)nc2c1ncn2C(C)OC1COP(=O)(C(C)C)OC1C. The fraction of sp³-hybridized carbons (Fsp3) is 0.688. The molecule has 1 aliphatic heterocycles. The van der Waals surface area contributed by atoms with E-state index >= 15 is 0 Å². The first-order valence-corrected chi connectivity index (χ1v) is 10.6. The molecule has 0 amide bonds. The second-order valence-electron chi connectivity index (χ2n) is 6.66. The molecule has 3 heterocycles. The fourth-order valence-electron chi connectivity index (χ4n) is 2.79. The lowest BCUT2D eigenvalue weighted by atomic mass is 10.2. The van der Waals surface area contributed by atoms with Gasteiger partial charge >= 0.3 is 7.60 Å². The van der Waals surface area contributed by atoms with Gasteiger partial charge < -0.3 is 24.3 Å². The minimum Gasteiger partial charge on any atom is -0.476 e. The molecule has 4 unspecified atom stereocenters. The predicted octanol–water partition coefficient (Wildman–Crippen LogP) is 2.75. The third-order valence-electron chi connectivity index (χ3n) is 4.34. The zero-order valence-electron chi connectivity index (χ0n) is 16.2. The van der Waals surface area contributed by atoms with Crippen molar-refractivity contribution in [3.8, 4) is 5.88 Å². The number of nitrogen functional groups attached to an aromatic ring is 1. The van der Waals surface area contributed by atoms with Gasteiger partial charge in [-0.3, -0.25) is 9.13 Å². The summed E-state index contributed by atoms with van der Waals surface area (Å²) in [5.41, 5.74) is 6.61. The molecule has 0 aromatic carbocycles. The van der Waals surface area contributed by atoms with Gasteiger partial charge in [-0.15, -0.1) is 0 Å². The molecule has 0 bridgehead atoms. The third-order valence-corrected chi connectivity index (χ3v) is 6.74. The Labute approximate surface area is 157 Å². The van der Waals surface area contributed by atoms with E-state index in [-0.39, 0.29) is 30.4 Å². The van der Waals surface area contributed by atoms with Crippen molar-refractivity contribution in [1.82, 2.24) is 19.5 Å². The van der Waals surface area contributed by atoms with Crippen molar-refractivity contribution >= 4 is 24.7 Å². The highest BCUT2D eigenvalue weighted by atomic mass is 31.2. The number of rotatable bonds is 6. The lowest BCUT2D eigenvalue weighted by Gasteiger charge is -2.36. The summed E-state index contributed by atoms with van der Waals surface area (Å²) in [4.78, 5) is 12.7. The van der Waals surface area contributed by atoms with E-state index in [0.717, 1.165) is 0 Å². The van der Waals surface area contributed by atoms with E-state index in [2.05, 4.69) is 15.0 Å². The minimum absolute atomic E-state index is 0.0930. The van der Waals surface area contributed by atoms with Crippen LogP contribution in [-0.2, 0) is 18.3 Å². The van der Waals surface area contributed by atoms with Crippen LogP contribution in [0.1, 0.15) is 40.8 Å². The number of hydrogen-bond donors (Lipinski definition) is 1. The molecule has 0 spiro atoms. The van der Waals surface area contributed by atoms with E-state index in [1.54, 1.807) is 10.9 Å². The summed E-state index contributed by atoms with van der Waals surface area (Å²) < 4.78 is 37.0. The van der Waals surface area contributed by atoms with Crippen molar-refractivity contribution in [2.24, 2.45) is 0 Å². The third kappa shape index (κ3) is 3.94. The lowest BCUT2D eigenvalue weighted by molar-refractivity contribution is -0.122. The Bertz CT molecular complexity index is 857. The number of hydrogen-bond acceptors (Lipinski definition) is 9. The molecule has 1 aliphatic rings. The summed E-state index contributed by atoms with van der Waals surface area (Å²) >= 11 is 0. The first-order chi connectivity index (χ1) is 12.7. The Morgan fingerprint density at radius 3 is 2.78 bits per heavy atom. The molecule has 0 aliphatic carbocycles. The topological polar surface area (TPSA) is 124 Å². The van der Waals surface area contributed by atoms with Crippen LogP contribution in [0.15, 0.2) is 6.33 Å². The molecule has 2 aromatic rings. The van der Waals surface area contributed by atoms with Crippen LogP contribution in [0.2, 0.25) is 0 Å². The average molecular weight is 399 g/mol. The summed E-state index contributed by atoms with van der Waals surface area (Å²) in [6.45, 7) is 9.79. The van der Waals surface area contributed by atoms with E-state index < -0.39 is 13.8 Å². The van der Waals surface area contributed by atoms with E-state index in [1.807, 2.05) is 34.6 Å². The highest BCUT2D eigenvalue weighted by Gasteiger charge is 2.40. The van der Waals surface area contributed by atoms with Crippen molar-refractivity contribution in [1.29, 1.82) is 0 Å². The molecular weight excluding hydrogens is 373 g/mol. The molecule has 2 aromatic heterocycles. The van der Waals surface area contributed by atoms with Gasteiger partial charge in [-0.05, 0) is 20.8 Å². The molecule has 0 saturated carbocycles. The number of ether oxygens (including phenoxy) is 2. The summed E-state index contributed by atoms with van der Waals surface area (Å²) in [6.07, 6.45) is 0.405. The molecule has 3 rings (SSSR count). The summed E-state index contributed by atoms with van der Waals surface area (Å²) in [5, 5.41) is 0. The molecule has 11 heteroatoms. The van der Waals surface area contributed by atoms with Gasteiger partial charge in [0, 0.05) is 0 Å². The monoisotopic (exact) mass is 399 g/mol. The second kappa shape index (κ2) is 7.71. The zero-order chi connectivity index (χ0) is 19.8. The van der Waals surface area contributed by atoms with Crippen LogP contribution < -0.4 is 10.5 Å². The van der Waals surface area contributed by atoms with Crippen molar-refractivity contribution in [2.75, 3.05) is 18.9 Å². The molecule has 27 heavy (non-hydrogen) atoms. The molecule has 10 nitrogen and oxygen atoms in total. The van der Waals surface area contributed by atoms with Crippen molar-refractivity contribution in [3.63, 3.8) is 0 Å². The van der Waals surface area contributed by atoms with E-state index in [4.69, 9.17) is 24.3 Å². The van der Waals surface area contributed by atoms with Crippen molar-refractivity contribution < 1.29 is 23.1 Å². The molecule has 150 valence electrons. The second-order valence-corrected chi connectivity index (χ2v) is 9.24. The van der Waals surface area contributed by atoms with Crippen LogP contribution in [0, 0.1) is 0 Å². The van der Waals surface area contributed by atoms with Crippen LogP contribution in [0.25, 0.3) is 11.2 Å². The smallest absolute Gasteiger partial charge is 0.333 e. The van der Waals surface area contributed by atoms with Gasteiger partial charge in [0.15, 0.2) is 11.2 Å². The van der Waals surface area contributed by atoms with Crippen LogP contribution in [0.3, 0.4) is 0 Å². The Kier molecular flexibility index (Phi) is 5.71. The number of nitrogens with zero attached hydrogens (tertiary/aromatic N) is 4. The quantitative estimate of drug-likeness (QED) is 0.730. The van der Waals surface area contributed by atoms with Crippen LogP contribution in [0.4, 0.5) is 5.95 Å². The fourth-order valence-corrected chi connectivity index (χ4v) is 4.35. The number of nitrogens with two attached hydrogens (primary N) is 1. The van der Waals surface area contributed by atoms with Gasteiger partial charge in [0.05, 0.1) is 31.3 Å². The Morgan fingerprint density at radius 2 is 2.15 bits per heavy atom. The van der Waals surface area contributed by atoms with Gasteiger partial charge in [-0.1, -0.05) is 13.8 Å². The van der Waals surface area contributed by atoms with Crippen LogP contribution in [-0.4, -0.2) is 50.6 Å². The maximum absolute atomic E-state index is 12.6. The van der Waals surface area contributed by atoms with E-state index in [1.165, 1.54) is 0 Å². The minimum atomic E-state index is -3.10. The molecule has 1 fully saturated rings. The summed E-state index contributed by atoms with van der Waals surface area (Å²) in [6, 6.07) is 0. The van der Waals surface area contributed by atoms with Crippen molar-refractivity contribution in [2.45, 2.75) is 58.7 Å². The first-order valence-electron chi connectivity index (χ1n) is 8.96. The van der Waals surface area contributed by atoms with E-state index in [0.29, 0.717) is 23.7 Å². The average Bonchev–Trinajstić information content (AvgIpc) is 3.01. The Morgan fingerprint density at radius 1 is 1.41 bits per heavy atom. The highest BCUT2D eigenvalue weighted by molar-refractivity contribution is 7.54. The maximum Gasteiger partial charge on any atom is 0.333 e. The largest absolute Gasteiger partial charge is 0.476 e. The van der Waals surface area contributed by atoms with Gasteiger partial charge in [-0.2, -0.15) is 9.97 Å². The molecule has 2 N–H and O–H groups in total. The maximum atomic E-state index is 12.6. The lowest BCUT2D eigenvalue weighted by Crippen LogP contribution is -2.39. The Hall–Kier alpha value is -1.74. The highest BCUT2D eigenvalue weighted by Crippen LogP contribution is 2.56. The number of fused-ring (bicyclic) bond motifs is 1. The number of aromatic nitrogens is 4. The first kappa shape index (κ1) is 20.0. The predicted molar refractivity (Wildman–Crippen MR) is 99.7 cm³/mol. The van der Waals surface area contributed by atoms with E-state index in [9.17, 15) is 4.57 Å².